The lowest BCUT2D eigenvalue weighted by Crippen LogP contribution is -2.36. The zero-order chi connectivity index (χ0) is 26.4. The highest BCUT2D eigenvalue weighted by Crippen LogP contribution is 2.34. The molecule has 0 bridgehead atoms. The summed E-state index contributed by atoms with van der Waals surface area (Å²) >= 11 is 0.621. The number of nitrogens with one attached hydrogen (secondary N) is 1. The SMILES string of the molecule is O=C(CN1C(=O)S/C(=C/c2ccccc2OCCOc2ccccc2)C1=O)Nc1ccc(F)c(F)c1F. The zero-order valence-electron chi connectivity index (χ0n) is 19.1. The van der Waals surface area contributed by atoms with Crippen molar-refractivity contribution < 1.29 is 37.0 Å². The van der Waals surface area contributed by atoms with E-state index in [1.807, 2.05) is 35.6 Å². The number of benzene rings is 3. The van der Waals surface area contributed by atoms with Gasteiger partial charge in [-0.3, -0.25) is 19.3 Å². The van der Waals surface area contributed by atoms with Crippen LogP contribution in [0.1, 0.15) is 5.56 Å². The van der Waals surface area contributed by atoms with Crippen LogP contribution in [0.15, 0.2) is 71.6 Å². The molecular weight excluding hydrogens is 509 g/mol. The van der Waals surface area contributed by atoms with Gasteiger partial charge in [0.25, 0.3) is 11.1 Å². The number of rotatable bonds is 9. The third-order valence-electron chi connectivity index (χ3n) is 5.04. The quantitative estimate of drug-likeness (QED) is 0.232. The number of halogens is 3. The summed E-state index contributed by atoms with van der Waals surface area (Å²) < 4.78 is 51.7. The number of anilines is 1. The number of imide groups is 1. The molecule has 0 aliphatic carbocycles. The molecule has 0 radical (unpaired) electrons. The van der Waals surface area contributed by atoms with Crippen LogP contribution in [0.3, 0.4) is 0 Å². The van der Waals surface area contributed by atoms with Gasteiger partial charge in [0.2, 0.25) is 5.91 Å². The van der Waals surface area contributed by atoms with Crippen molar-refractivity contribution in [1.29, 1.82) is 0 Å². The van der Waals surface area contributed by atoms with E-state index in [4.69, 9.17) is 9.47 Å². The first kappa shape index (κ1) is 25.8. The normalized spacial score (nSPS) is 14.2. The maximum absolute atomic E-state index is 13.8. The molecule has 0 unspecified atom stereocenters. The van der Waals surface area contributed by atoms with Crippen molar-refractivity contribution in [1.82, 2.24) is 4.90 Å². The van der Waals surface area contributed by atoms with Crippen molar-refractivity contribution >= 4 is 40.6 Å². The van der Waals surface area contributed by atoms with Crippen LogP contribution in [-0.4, -0.2) is 41.7 Å². The highest BCUT2D eigenvalue weighted by Gasteiger charge is 2.36. The summed E-state index contributed by atoms with van der Waals surface area (Å²) in [5.41, 5.74) is -0.0882. The topological polar surface area (TPSA) is 84.9 Å². The van der Waals surface area contributed by atoms with Crippen molar-refractivity contribution in [2.24, 2.45) is 0 Å². The van der Waals surface area contributed by atoms with Gasteiger partial charge in [-0.2, -0.15) is 0 Å². The van der Waals surface area contributed by atoms with Gasteiger partial charge in [-0.05, 0) is 48.2 Å². The van der Waals surface area contributed by atoms with E-state index in [0.29, 0.717) is 39.8 Å². The number of para-hydroxylation sites is 2. The van der Waals surface area contributed by atoms with Gasteiger partial charge in [0.05, 0.1) is 10.6 Å². The van der Waals surface area contributed by atoms with Gasteiger partial charge in [-0.1, -0.05) is 36.4 Å². The minimum Gasteiger partial charge on any atom is -0.490 e. The van der Waals surface area contributed by atoms with Gasteiger partial charge in [0, 0.05) is 5.56 Å². The van der Waals surface area contributed by atoms with Crippen LogP contribution >= 0.6 is 11.8 Å². The van der Waals surface area contributed by atoms with Crippen LogP contribution in [0.4, 0.5) is 23.7 Å². The molecule has 11 heteroatoms. The van der Waals surface area contributed by atoms with Crippen LogP contribution in [0.25, 0.3) is 6.08 Å². The number of ether oxygens (including phenoxy) is 2. The second-order valence-electron chi connectivity index (χ2n) is 7.59. The molecule has 3 aromatic carbocycles. The molecular formula is C26H19F3N2O5S. The number of nitrogens with zero attached hydrogens (tertiary/aromatic N) is 1. The van der Waals surface area contributed by atoms with E-state index in [1.54, 1.807) is 24.3 Å². The van der Waals surface area contributed by atoms with Gasteiger partial charge < -0.3 is 14.8 Å². The van der Waals surface area contributed by atoms with Gasteiger partial charge in [0.1, 0.15) is 31.3 Å². The van der Waals surface area contributed by atoms with Crippen LogP contribution < -0.4 is 14.8 Å². The zero-order valence-corrected chi connectivity index (χ0v) is 19.9. The first-order chi connectivity index (χ1) is 17.8. The van der Waals surface area contributed by atoms with Gasteiger partial charge >= 0.3 is 0 Å². The fraction of sp³-hybridized carbons (Fsp3) is 0.115. The summed E-state index contributed by atoms with van der Waals surface area (Å²) in [6.45, 7) is -0.236. The third kappa shape index (κ3) is 6.31. The fourth-order valence-corrected chi connectivity index (χ4v) is 4.12. The Morgan fingerprint density at radius 1 is 0.892 bits per heavy atom. The molecule has 1 aliphatic heterocycles. The van der Waals surface area contributed by atoms with Crippen LogP contribution in [0.2, 0.25) is 0 Å². The van der Waals surface area contributed by atoms with E-state index >= 15 is 0 Å². The Morgan fingerprint density at radius 3 is 2.38 bits per heavy atom. The summed E-state index contributed by atoms with van der Waals surface area (Å²) in [5, 5.41) is 1.32. The lowest BCUT2D eigenvalue weighted by atomic mass is 10.2. The van der Waals surface area contributed by atoms with Crippen LogP contribution in [-0.2, 0) is 9.59 Å². The van der Waals surface area contributed by atoms with Crippen molar-refractivity contribution in [2.45, 2.75) is 0 Å². The predicted molar refractivity (Wildman–Crippen MR) is 131 cm³/mol. The van der Waals surface area contributed by atoms with Gasteiger partial charge in [0.15, 0.2) is 17.5 Å². The van der Waals surface area contributed by atoms with Crippen molar-refractivity contribution in [3.8, 4) is 11.5 Å². The average Bonchev–Trinajstić information content (AvgIpc) is 3.15. The van der Waals surface area contributed by atoms with E-state index in [1.165, 1.54) is 6.08 Å². The number of carbonyl (C=O) groups is 3. The van der Waals surface area contributed by atoms with E-state index in [0.717, 1.165) is 6.07 Å². The molecule has 0 saturated carbocycles. The molecule has 1 N–H and O–H groups in total. The lowest BCUT2D eigenvalue weighted by molar-refractivity contribution is -0.127. The monoisotopic (exact) mass is 528 g/mol. The summed E-state index contributed by atoms with van der Waals surface area (Å²) in [5.74, 6) is -5.30. The Labute approximate surface area is 213 Å². The highest BCUT2D eigenvalue weighted by molar-refractivity contribution is 8.18. The molecule has 37 heavy (non-hydrogen) atoms. The first-order valence-electron chi connectivity index (χ1n) is 10.9. The molecule has 3 aromatic rings. The maximum Gasteiger partial charge on any atom is 0.294 e. The molecule has 7 nitrogen and oxygen atoms in total. The van der Waals surface area contributed by atoms with Crippen molar-refractivity contribution in [3.05, 3.63) is 94.7 Å². The Morgan fingerprint density at radius 2 is 1.59 bits per heavy atom. The highest BCUT2D eigenvalue weighted by atomic mass is 32.2. The van der Waals surface area contributed by atoms with Gasteiger partial charge in [-0.25, -0.2) is 13.2 Å². The Balaban J connectivity index is 1.39. The number of amides is 3. The predicted octanol–water partition coefficient (Wildman–Crippen LogP) is 5.24. The average molecular weight is 529 g/mol. The summed E-state index contributed by atoms with van der Waals surface area (Å²) in [6, 6.07) is 17.6. The minimum atomic E-state index is -1.75. The Bertz CT molecular complexity index is 1370. The molecule has 3 amide bonds. The third-order valence-corrected chi connectivity index (χ3v) is 5.95. The lowest BCUT2D eigenvalue weighted by Gasteiger charge is -2.13. The molecule has 1 fully saturated rings. The number of carbonyl (C=O) groups excluding carboxylic acids is 3. The van der Waals surface area contributed by atoms with Crippen molar-refractivity contribution in [3.63, 3.8) is 0 Å². The molecule has 1 saturated heterocycles. The summed E-state index contributed by atoms with van der Waals surface area (Å²) in [7, 11) is 0. The summed E-state index contributed by atoms with van der Waals surface area (Å²) in [6.07, 6.45) is 1.46. The molecule has 0 aromatic heterocycles. The van der Waals surface area contributed by atoms with Crippen LogP contribution in [0, 0.1) is 17.5 Å². The van der Waals surface area contributed by atoms with E-state index in [9.17, 15) is 27.6 Å². The van der Waals surface area contributed by atoms with Gasteiger partial charge in [-0.15, -0.1) is 0 Å². The van der Waals surface area contributed by atoms with Crippen LogP contribution in [0.5, 0.6) is 11.5 Å². The molecule has 1 heterocycles. The molecule has 0 atom stereocenters. The van der Waals surface area contributed by atoms with E-state index in [2.05, 4.69) is 0 Å². The second kappa shape index (κ2) is 11.7. The van der Waals surface area contributed by atoms with Crippen molar-refractivity contribution in [2.75, 3.05) is 25.1 Å². The van der Waals surface area contributed by atoms with E-state index in [-0.39, 0.29) is 18.1 Å². The second-order valence-corrected chi connectivity index (χ2v) is 8.58. The number of hydrogen-bond acceptors (Lipinski definition) is 6. The standard InChI is InChI=1S/C26H19F3N2O5S/c27-18-10-11-19(24(29)23(18)28)30-22(32)15-31-25(33)21(37-26(31)34)14-16-6-4-5-9-20(16)36-13-12-35-17-7-2-1-3-8-17/h1-11,14H,12-13,15H2,(H,30,32)/b21-14+. The molecule has 1 aliphatic rings. The number of hydrogen-bond donors (Lipinski definition) is 1. The minimum absolute atomic E-state index is 0.0494. The first-order valence-corrected chi connectivity index (χ1v) is 11.7. The Kier molecular flexibility index (Phi) is 8.14. The summed E-state index contributed by atoms with van der Waals surface area (Å²) in [4.78, 5) is 38.2. The smallest absolute Gasteiger partial charge is 0.294 e. The Hall–Kier alpha value is -4.25. The molecule has 4 rings (SSSR count). The van der Waals surface area contributed by atoms with E-state index < -0.39 is 46.7 Å². The molecule has 0 spiro atoms. The largest absolute Gasteiger partial charge is 0.490 e. The number of thioether (sulfide) groups is 1. The molecule has 190 valence electrons. The maximum atomic E-state index is 13.8. The fourth-order valence-electron chi connectivity index (χ4n) is 3.29.